The number of hydrogen-bond acceptors (Lipinski definition) is 3. The van der Waals surface area contributed by atoms with Crippen molar-refractivity contribution in [2.45, 2.75) is 0 Å². The largest absolute Gasteiger partial charge is 0.454 e. The van der Waals surface area contributed by atoms with Crippen molar-refractivity contribution in [1.82, 2.24) is 0 Å². The molecule has 0 aromatic heterocycles. The Hall–Kier alpha value is -2.29. The van der Waals surface area contributed by atoms with E-state index in [4.69, 9.17) is 10.5 Å². The molecule has 0 aliphatic heterocycles. The van der Waals surface area contributed by atoms with E-state index in [9.17, 15) is 4.79 Å². The number of benzene rings is 2. The highest BCUT2D eigenvalue weighted by molar-refractivity contribution is 5.83. The molecule has 0 spiro atoms. The first-order chi connectivity index (χ1) is 7.81. The number of para-hydroxylation sites is 2. The first kappa shape index (κ1) is 10.2. The first-order valence-electron chi connectivity index (χ1n) is 4.81. The van der Waals surface area contributed by atoms with Gasteiger partial charge in [-0.05, 0) is 24.3 Å². The molecule has 0 saturated carbocycles. The highest BCUT2D eigenvalue weighted by atomic mass is 16.5. The van der Waals surface area contributed by atoms with Gasteiger partial charge in [0.25, 0.3) is 0 Å². The van der Waals surface area contributed by atoms with E-state index in [1.807, 2.05) is 18.2 Å². The highest BCUT2D eigenvalue weighted by Gasteiger charge is 2.08. The Morgan fingerprint density at radius 3 is 2.44 bits per heavy atom. The van der Waals surface area contributed by atoms with Gasteiger partial charge in [0.2, 0.25) is 6.29 Å². The summed E-state index contributed by atoms with van der Waals surface area (Å²) in [5.74, 6) is 0.987. The lowest BCUT2D eigenvalue weighted by Gasteiger charge is -2.09. The van der Waals surface area contributed by atoms with E-state index in [1.165, 1.54) is 0 Å². The molecule has 3 nitrogen and oxygen atoms in total. The Balaban J connectivity index is 2.38. The van der Waals surface area contributed by atoms with Crippen LogP contribution in [0.2, 0.25) is 0 Å². The maximum atomic E-state index is 10.7. The minimum absolute atomic E-state index is 0.323. The Labute approximate surface area is 93.5 Å². The highest BCUT2D eigenvalue weighted by Crippen LogP contribution is 2.29. The molecule has 0 bridgehead atoms. The molecule has 0 amide bonds. The summed E-state index contributed by atoms with van der Waals surface area (Å²) in [6.07, 6.45) is 1.80. The third-order valence-corrected chi connectivity index (χ3v) is 2.12. The second-order valence-corrected chi connectivity index (χ2v) is 3.24. The minimum atomic E-state index is 0.323. The van der Waals surface area contributed by atoms with E-state index in [0.29, 0.717) is 22.7 Å². The molecule has 0 fully saturated rings. The fourth-order valence-electron chi connectivity index (χ4n) is 1.36. The van der Waals surface area contributed by atoms with Gasteiger partial charge in [-0.25, -0.2) is 0 Å². The topological polar surface area (TPSA) is 52.3 Å². The van der Waals surface area contributed by atoms with Gasteiger partial charge in [0.05, 0.1) is 11.3 Å². The summed E-state index contributed by atoms with van der Waals surface area (Å²) >= 11 is 0. The predicted molar refractivity (Wildman–Crippen MR) is 62.2 cm³/mol. The molecular weight excluding hydrogens is 202 g/mol. The van der Waals surface area contributed by atoms with E-state index in [-0.39, 0.29) is 0 Å². The van der Waals surface area contributed by atoms with Crippen molar-refractivity contribution >= 4 is 12.0 Å². The molecule has 1 radical (unpaired) electrons. The van der Waals surface area contributed by atoms with Crippen LogP contribution < -0.4 is 10.5 Å². The molecule has 0 unspecified atom stereocenters. The predicted octanol–water partition coefficient (Wildman–Crippen LogP) is 2.52. The zero-order valence-electron chi connectivity index (χ0n) is 8.51. The number of ether oxygens (including phenoxy) is 1. The van der Waals surface area contributed by atoms with Gasteiger partial charge in [-0.2, -0.15) is 0 Å². The van der Waals surface area contributed by atoms with Crippen LogP contribution in [0.4, 0.5) is 5.69 Å². The molecule has 0 aliphatic carbocycles. The monoisotopic (exact) mass is 212 g/mol. The Morgan fingerprint density at radius 2 is 1.75 bits per heavy atom. The number of hydrogen-bond donors (Lipinski definition) is 1. The normalized spacial score (nSPS) is 9.75. The van der Waals surface area contributed by atoms with Crippen LogP contribution in [-0.4, -0.2) is 6.29 Å². The number of nitrogens with two attached hydrogens (primary N) is 1. The molecule has 0 atom stereocenters. The lowest BCUT2D eigenvalue weighted by Crippen LogP contribution is -1.96. The second kappa shape index (κ2) is 4.49. The number of rotatable bonds is 3. The molecule has 0 saturated heterocycles. The summed E-state index contributed by atoms with van der Waals surface area (Å²) in [6.45, 7) is 0. The Kier molecular flexibility index (Phi) is 2.87. The Morgan fingerprint density at radius 1 is 1.00 bits per heavy atom. The lowest BCUT2D eigenvalue weighted by molar-refractivity contribution is 0.482. The van der Waals surface area contributed by atoms with Gasteiger partial charge in [0.15, 0.2) is 5.75 Å². The maximum Gasteiger partial charge on any atom is 0.237 e. The van der Waals surface area contributed by atoms with Crippen molar-refractivity contribution in [3.63, 3.8) is 0 Å². The summed E-state index contributed by atoms with van der Waals surface area (Å²) in [7, 11) is 0. The SMILES string of the molecule is Nc1cccc([C]=O)c1Oc1ccccc1. The first-order valence-corrected chi connectivity index (χ1v) is 4.81. The summed E-state index contributed by atoms with van der Waals surface area (Å²) in [5.41, 5.74) is 6.48. The van der Waals surface area contributed by atoms with Gasteiger partial charge >= 0.3 is 0 Å². The van der Waals surface area contributed by atoms with Crippen molar-refractivity contribution in [2.24, 2.45) is 0 Å². The number of anilines is 1. The minimum Gasteiger partial charge on any atom is -0.454 e. The van der Waals surface area contributed by atoms with Gasteiger partial charge in [-0.1, -0.05) is 24.3 Å². The molecule has 2 aromatic rings. The van der Waals surface area contributed by atoms with Crippen LogP contribution >= 0.6 is 0 Å². The summed E-state index contributed by atoms with van der Waals surface area (Å²) < 4.78 is 5.54. The van der Waals surface area contributed by atoms with Crippen LogP contribution in [-0.2, 0) is 4.79 Å². The number of nitrogen functional groups attached to an aromatic ring is 1. The number of carbonyl (C=O) groups excluding carboxylic acids is 1. The average Bonchev–Trinajstić information content (AvgIpc) is 2.33. The van der Waals surface area contributed by atoms with E-state index < -0.39 is 0 Å². The van der Waals surface area contributed by atoms with E-state index in [1.54, 1.807) is 36.6 Å². The maximum absolute atomic E-state index is 10.7. The van der Waals surface area contributed by atoms with Gasteiger partial charge in [-0.15, -0.1) is 0 Å². The summed E-state index contributed by atoms with van der Waals surface area (Å²) in [4.78, 5) is 10.7. The van der Waals surface area contributed by atoms with Crippen LogP contribution in [0.25, 0.3) is 0 Å². The van der Waals surface area contributed by atoms with Crippen LogP contribution in [0.3, 0.4) is 0 Å². The molecule has 0 heterocycles. The van der Waals surface area contributed by atoms with E-state index in [0.717, 1.165) is 0 Å². The molecule has 2 N–H and O–H groups in total. The lowest BCUT2D eigenvalue weighted by atomic mass is 10.2. The standard InChI is InChI=1S/C13H10NO2/c14-12-8-4-5-10(9-15)13(12)16-11-6-2-1-3-7-11/h1-8H,14H2. The third kappa shape index (κ3) is 2.03. The molecule has 79 valence electrons. The van der Waals surface area contributed by atoms with Crippen molar-refractivity contribution in [3.05, 3.63) is 54.1 Å². The van der Waals surface area contributed by atoms with Gasteiger partial charge in [0, 0.05) is 0 Å². The van der Waals surface area contributed by atoms with Gasteiger partial charge < -0.3 is 10.5 Å². The van der Waals surface area contributed by atoms with Crippen molar-refractivity contribution in [3.8, 4) is 11.5 Å². The molecule has 2 aromatic carbocycles. The van der Waals surface area contributed by atoms with Gasteiger partial charge in [-0.3, -0.25) is 4.79 Å². The van der Waals surface area contributed by atoms with Gasteiger partial charge in [0.1, 0.15) is 5.75 Å². The molecule has 2 rings (SSSR count). The quantitative estimate of drug-likeness (QED) is 0.795. The van der Waals surface area contributed by atoms with Crippen molar-refractivity contribution in [2.75, 3.05) is 5.73 Å². The summed E-state index contributed by atoms with van der Waals surface area (Å²) in [5, 5.41) is 0. The van der Waals surface area contributed by atoms with Crippen LogP contribution in [0.15, 0.2) is 48.5 Å². The van der Waals surface area contributed by atoms with E-state index >= 15 is 0 Å². The fraction of sp³-hybridized carbons (Fsp3) is 0. The third-order valence-electron chi connectivity index (χ3n) is 2.12. The van der Waals surface area contributed by atoms with E-state index in [2.05, 4.69) is 0 Å². The molecule has 0 aliphatic rings. The average molecular weight is 212 g/mol. The second-order valence-electron chi connectivity index (χ2n) is 3.24. The zero-order chi connectivity index (χ0) is 11.4. The van der Waals surface area contributed by atoms with Crippen molar-refractivity contribution < 1.29 is 9.53 Å². The van der Waals surface area contributed by atoms with Crippen LogP contribution in [0.1, 0.15) is 5.56 Å². The zero-order valence-corrected chi connectivity index (χ0v) is 8.51. The molecule has 16 heavy (non-hydrogen) atoms. The molecule has 3 heteroatoms. The van der Waals surface area contributed by atoms with Crippen LogP contribution in [0, 0.1) is 0 Å². The molecular formula is C13H10NO2. The summed E-state index contributed by atoms with van der Waals surface area (Å²) in [6, 6.07) is 14.1. The smallest absolute Gasteiger partial charge is 0.237 e. The fourth-order valence-corrected chi connectivity index (χ4v) is 1.36. The van der Waals surface area contributed by atoms with Crippen LogP contribution in [0.5, 0.6) is 11.5 Å². The Bertz CT molecular complexity index is 495. The van der Waals surface area contributed by atoms with Crippen molar-refractivity contribution in [1.29, 1.82) is 0 Å².